The van der Waals surface area contributed by atoms with Gasteiger partial charge in [0.05, 0.1) is 31.2 Å². The van der Waals surface area contributed by atoms with Crippen molar-refractivity contribution in [3.8, 4) is 11.5 Å². The van der Waals surface area contributed by atoms with Crippen LogP contribution in [0.3, 0.4) is 0 Å². The molecule has 2 aromatic rings. The van der Waals surface area contributed by atoms with Gasteiger partial charge in [-0.25, -0.2) is 4.79 Å². The van der Waals surface area contributed by atoms with E-state index in [4.69, 9.17) is 19.7 Å². The summed E-state index contributed by atoms with van der Waals surface area (Å²) in [5, 5.41) is 8.51. The Morgan fingerprint density at radius 1 is 0.812 bits per heavy atom. The molecule has 0 unspecified atom stereocenters. The highest BCUT2D eigenvalue weighted by Gasteiger charge is 2.02. The summed E-state index contributed by atoms with van der Waals surface area (Å²) in [4.78, 5) is 13.6. The van der Waals surface area contributed by atoms with Crippen molar-refractivity contribution in [1.82, 2.24) is 0 Å². The lowest BCUT2D eigenvalue weighted by Gasteiger charge is -2.06. The molecule has 2 aromatic carbocycles. The number of hydrogen-bond donors (Lipinski definition) is 0. The second-order valence-electron chi connectivity index (χ2n) is 7.06. The first-order valence-corrected chi connectivity index (χ1v) is 10.9. The van der Waals surface area contributed by atoms with Crippen molar-refractivity contribution < 1.29 is 23.8 Å². The second-order valence-corrected chi connectivity index (χ2v) is 7.06. The molecule has 0 heterocycles. The van der Waals surface area contributed by atoms with Crippen LogP contribution in [0.2, 0.25) is 0 Å². The van der Waals surface area contributed by atoms with Crippen molar-refractivity contribution in [3.05, 3.63) is 54.1 Å². The van der Waals surface area contributed by atoms with Crippen LogP contribution in [0, 0.1) is 0 Å². The molecule has 0 aliphatic heterocycles. The number of benzene rings is 2. The summed E-state index contributed by atoms with van der Waals surface area (Å²) in [5.74, 6) is 0.995. The van der Waals surface area contributed by atoms with Crippen LogP contribution in [-0.4, -0.2) is 36.8 Å². The van der Waals surface area contributed by atoms with Crippen LogP contribution >= 0.6 is 0 Å². The van der Waals surface area contributed by atoms with Crippen LogP contribution in [0.5, 0.6) is 11.5 Å². The Kier molecular flexibility index (Phi) is 11.8. The molecular formula is C24H30N4O4. The number of unbranched alkanes of at least 4 members (excludes halogenated alkanes) is 4. The predicted molar refractivity (Wildman–Crippen MR) is 122 cm³/mol. The smallest absolute Gasteiger partial charge is 0.413 e. The number of hydrogen-bond acceptors (Lipinski definition) is 6. The molecule has 0 N–H and O–H groups in total. The highest BCUT2D eigenvalue weighted by Crippen LogP contribution is 2.23. The standard InChI is InChI=1S/C24H30N4O4/c1-2-3-16-30-22-12-8-20(9-13-22)27-28-21-10-14-23(15-11-21)31-17-6-4-5-7-18-32-24(29)19-26-25/h8-15,19H,2-7,16-18H2,1H3. The molecule has 2 rings (SSSR count). The summed E-state index contributed by atoms with van der Waals surface area (Å²) < 4.78 is 16.2. The van der Waals surface area contributed by atoms with Crippen molar-refractivity contribution >= 4 is 23.6 Å². The van der Waals surface area contributed by atoms with E-state index in [0.29, 0.717) is 13.2 Å². The number of carbonyl (C=O) groups is 1. The highest BCUT2D eigenvalue weighted by molar-refractivity contribution is 6.20. The van der Waals surface area contributed by atoms with Crippen LogP contribution < -0.4 is 9.47 Å². The summed E-state index contributed by atoms with van der Waals surface area (Å²) in [6.07, 6.45) is 6.47. The zero-order chi connectivity index (χ0) is 22.9. The van der Waals surface area contributed by atoms with E-state index in [-0.39, 0.29) is 0 Å². The van der Waals surface area contributed by atoms with Gasteiger partial charge in [-0.05, 0) is 80.6 Å². The first-order chi connectivity index (χ1) is 15.7. The molecule has 0 fully saturated rings. The molecule has 0 saturated heterocycles. The average Bonchev–Trinajstić information content (AvgIpc) is 2.81. The zero-order valence-electron chi connectivity index (χ0n) is 18.5. The minimum Gasteiger partial charge on any atom is -0.494 e. The lowest BCUT2D eigenvalue weighted by molar-refractivity contribution is -0.139. The normalized spacial score (nSPS) is 10.5. The topological polar surface area (TPSA) is 106 Å². The van der Waals surface area contributed by atoms with E-state index in [9.17, 15) is 4.79 Å². The van der Waals surface area contributed by atoms with E-state index < -0.39 is 5.97 Å². The summed E-state index contributed by atoms with van der Waals surface area (Å²) in [6.45, 7) is 3.80. The molecule has 170 valence electrons. The fourth-order valence-corrected chi connectivity index (χ4v) is 2.67. The average molecular weight is 439 g/mol. The van der Waals surface area contributed by atoms with E-state index in [1.807, 2.05) is 48.5 Å². The molecule has 0 radical (unpaired) electrons. The first-order valence-electron chi connectivity index (χ1n) is 10.9. The van der Waals surface area contributed by atoms with E-state index in [0.717, 1.165) is 74.2 Å². The van der Waals surface area contributed by atoms with Crippen molar-refractivity contribution in [2.45, 2.75) is 45.4 Å². The Labute approximate surface area is 188 Å². The molecule has 0 saturated carbocycles. The van der Waals surface area contributed by atoms with Gasteiger partial charge in [0.1, 0.15) is 11.5 Å². The minimum atomic E-state index is -0.635. The van der Waals surface area contributed by atoms with Crippen molar-refractivity contribution in [3.63, 3.8) is 0 Å². The molecule has 0 aromatic heterocycles. The Balaban J connectivity index is 1.62. The number of nitrogens with zero attached hydrogens (tertiary/aromatic N) is 4. The summed E-state index contributed by atoms with van der Waals surface area (Å²) in [5.41, 5.74) is 9.72. The molecule has 8 nitrogen and oxygen atoms in total. The van der Waals surface area contributed by atoms with Crippen LogP contribution in [0.4, 0.5) is 11.4 Å². The van der Waals surface area contributed by atoms with Crippen LogP contribution in [0.25, 0.3) is 5.53 Å². The number of esters is 1. The fourth-order valence-electron chi connectivity index (χ4n) is 2.67. The predicted octanol–water partition coefficient (Wildman–Crippen LogP) is 6.06. The van der Waals surface area contributed by atoms with Crippen molar-refractivity contribution in [2.75, 3.05) is 19.8 Å². The van der Waals surface area contributed by atoms with Crippen molar-refractivity contribution in [1.29, 1.82) is 0 Å². The quantitative estimate of drug-likeness (QED) is 0.111. The number of rotatable bonds is 15. The molecule has 0 aliphatic carbocycles. The SMILES string of the molecule is CCCCOc1ccc(N=Nc2ccc(OCCCCCCOC(=O)C=[N+]=[N-])cc2)cc1. The van der Waals surface area contributed by atoms with E-state index in [1.165, 1.54) is 0 Å². The number of azo groups is 1. The first kappa shape index (κ1) is 24.8. The van der Waals surface area contributed by atoms with Crippen LogP contribution in [-0.2, 0) is 9.53 Å². The minimum absolute atomic E-state index is 0.318. The third-order valence-corrected chi connectivity index (χ3v) is 4.44. The molecule has 0 atom stereocenters. The monoisotopic (exact) mass is 438 g/mol. The zero-order valence-corrected chi connectivity index (χ0v) is 18.5. The van der Waals surface area contributed by atoms with Gasteiger partial charge < -0.3 is 19.7 Å². The highest BCUT2D eigenvalue weighted by atomic mass is 16.5. The van der Waals surface area contributed by atoms with Gasteiger partial charge in [0, 0.05) is 0 Å². The summed E-state index contributed by atoms with van der Waals surface area (Å²) in [7, 11) is 0. The Morgan fingerprint density at radius 2 is 1.31 bits per heavy atom. The van der Waals surface area contributed by atoms with Crippen LogP contribution in [0.1, 0.15) is 45.4 Å². The fraction of sp³-hybridized carbons (Fsp3) is 0.417. The maximum absolute atomic E-state index is 11.0. The Bertz CT molecular complexity index is 876. The molecule has 8 heteroatoms. The maximum atomic E-state index is 11.0. The van der Waals surface area contributed by atoms with Gasteiger partial charge in [-0.15, -0.1) is 0 Å². The Hall–Kier alpha value is -3.51. The van der Waals surface area contributed by atoms with Crippen molar-refractivity contribution in [2.24, 2.45) is 10.2 Å². The molecular weight excluding hydrogens is 408 g/mol. The van der Waals surface area contributed by atoms with Gasteiger partial charge in [0.2, 0.25) is 0 Å². The number of ether oxygens (including phenoxy) is 3. The largest absolute Gasteiger partial charge is 0.494 e. The van der Waals surface area contributed by atoms with E-state index >= 15 is 0 Å². The van der Waals surface area contributed by atoms with Gasteiger partial charge in [0.15, 0.2) is 0 Å². The second kappa shape index (κ2) is 15.3. The van der Waals surface area contributed by atoms with Gasteiger partial charge in [-0.2, -0.15) is 15.0 Å². The molecule has 0 aliphatic rings. The molecule has 0 spiro atoms. The Morgan fingerprint density at radius 3 is 1.81 bits per heavy atom. The molecule has 0 bridgehead atoms. The summed E-state index contributed by atoms with van der Waals surface area (Å²) >= 11 is 0. The third-order valence-electron chi connectivity index (χ3n) is 4.44. The number of carbonyl (C=O) groups excluding carboxylic acids is 1. The van der Waals surface area contributed by atoms with Gasteiger partial charge >= 0.3 is 12.2 Å². The molecule has 0 amide bonds. The van der Waals surface area contributed by atoms with Gasteiger partial charge in [-0.3, -0.25) is 0 Å². The lowest BCUT2D eigenvalue weighted by Crippen LogP contribution is -2.07. The lowest BCUT2D eigenvalue weighted by atomic mass is 10.2. The van der Waals surface area contributed by atoms with Gasteiger partial charge in [-0.1, -0.05) is 13.3 Å². The van der Waals surface area contributed by atoms with E-state index in [1.54, 1.807) is 0 Å². The third kappa shape index (κ3) is 10.5. The van der Waals surface area contributed by atoms with E-state index in [2.05, 4.69) is 21.9 Å². The van der Waals surface area contributed by atoms with Crippen LogP contribution in [0.15, 0.2) is 58.8 Å². The summed E-state index contributed by atoms with van der Waals surface area (Å²) in [6, 6.07) is 15.1. The van der Waals surface area contributed by atoms with Gasteiger partial charge in [0.25, 0.3) is 0 Å². The molecule has 32 heavy (non-hydrogen) atoms. The maximum Gasteiger partial charge on any atom is 0.413 e.